The summed E-state index contributed by atoms with van der Waals surface area (Å²) in [6.07, 6.45) is 0. The molecule has 2 aliphatic rings. The molecule has 100 valence electrons. The first-order chi connectivity index (χ1) is 9.75. The number of hydrogen-bond acceptors (Lipinski definition) is 4. The summed E-state index contributed by atoms with van der Waals surface area (Å²) in [6.45, 7) is 0. The lowest BCUT2D eigenvalue weighted by atomic mass is 10.1. The minimum atomic E-state index is 1.30. The van der Waals surface area contributed by atoms with Crippen molar-refractivity contribution in [1.82, 2.24) is 0 Å². The number of para-hydroxylation sites is 2. The predicted octanol–water partition coefficient (Wildman–Crippen LogP) is 4.71. The van der Waals surface area contributed by atoms with Crippen LogP contribution in [0.4, 0.5) is 11.4 Å². The summed E-state index contributed by atoms with van der Waals surface area (Å²) in [6, 6.07) is 17.3. The highest BCUT2D eigenvalue weighted by atomic mass is 32.2. The lowest BCUT2D eigenvalue weighted by Gasteiger charge is -2.09. The van der Waals surface area contributed by atoms with Gasteiger partial charge in [0.15, 0.2) is 0 Å². The number of rotatable bonds is 0. The third kappa shape index (κ3) is 1.68. The van der Waals surface area contributed by atoms with E-state index in [-0.39, 0.29) is 0 Å². The Bertz CT molecular complexity index is 662. The largest absolute Gasteiger partial charge is 0.315 e. The van der Waals surface area contributed by atoms with Crippen LogP contribution in [0, 0.1) is 0 Å². The third-order valence-electron chi connectivity index (χ3n) is 3.64. The molecule has 0 aliphatic carbocycles. The maximum absolute atomic E-state index is 2.25. The van der Waals surface area contributed by atoms with Gasteiger partial charge in [-0.1, -0.05) is 36.4 Å². The van der Waals surface area contributed by atoms with Gasteiger partial charge in [0, 0.05) is 25.2 Å². The zero-order valence-electron chi connectivity index (χ0n) is 11.3. The minimum absolute atomic E-state index is 1.30. The molecule has 0 saturated carbocycles. The van der Waals surface area contributed by atoms with E-state index in [1.807, 2.05) is 23.9 Å². The van der Waals surface area contributed by atoms with Crippen molar-refractivity contribution in [3.05, 3.63) is 59.7 Å². The minimum Gasteiger partial charge on any atom is -0.315 e. The van der Waals surface area contributed by atoms with Gasteiger partial charge in [-0.3, -0.25) is 0 Å². The summed E-state index contributed by atoms with van der Waals surface area (Å²) >= 11 is 3.65. The van der Waals surface area contributed by atoms with Gasteiger partial charge in [0.05, 0.1) is 21.2 Å². The molecule has 0 radical (unpaired) electrons. The standard InChI is InChI=1S/C16H14N2S2/c1-17-13-9-5-3-7-11(13)15(19-17)16-12-8-4-6-10-14(12)18(2)20-16/h3-10H,1-2H3/b16-15+. The highest BCUT2D eigenvalue weighted by Crippen LogP contribution is 2.56. The van der Waals surface area contributed by atoms with Crippen LogP contribution in [0.15, 0.2) is 48.5 Å². The fourth-order valence-electron chi connectivity index (χ4n) is 2.68. The summed E-state index contributed by atoms with van der Waals surface area (Å²) in [4.78, 5) is 2.73. The molecule has 0 saturated heterocycles. The van der Waals surface area contributed by atoms with Crippen molar-refractivity contribution in [2.24, 2.45) is 0 Å². The number of nitrogens with zero attached hydrogens (tertiary/aromatic N) is 2. The summed E-state index contributed by atoms with van der Waals surface area (Å²) in [5.74, 6) is 0. The quantitative estimate of drug-likeness (QED) is 0.650. The van der Waals surface area contributed by atoms with Crippen molar-refractivity contribution in [3.8, 4) is 0 Å². The van der Waals surface area contributed by atoms with E-state index in [0.717, 1.165) is 0 Å². The Kier molecular flexibility index (Phi) is 2.75. The molecule has 4 heteroatoms. The number of fused-ring (bicyclic) bond motifs is 2. The van der Waals surface area contributed by atoms with Gasteiger partial charge in [0.25, 0.3) is 0 Å². The Hall–Kier alpha value is -1.52. The highest BCUT2D eigenvalue weighted by molar-refractivity contribution is 8.15. The molecule has 2 aromatic rings. The van der Waals surface area contributed by atoms with Gasteiger partial charge in [0.1, 0.15) is 0 Å². The predicted molar refractivity (Wildman–Crippen MR) is 91.7 cm³/mol. The van der Waals surface area contributed by atoms with Crippen LogP contribution in [0.25, 0.3) is 9.81 Å². The first-order valence-corrected chi connectivity index (χ1v) is 8.07. The summed E-state index contributed by atoms with van der Waals surface area (Å²) in [5.41, 5.74) is 5.28. The van der Waals surface area contributed by atoms with Gasteiger partial charge < -0.3 is 8.61 Å². The molecule has 0 spiro atoms. The fraction of sp³-hybridized carbons (Fsp3) is 0.125. The van der Waals surface area contributed by atoms with Crippen molar-refractivity contribution in [2.75, 3.05) is 22.7 Å². The summed E-state index contributed by atoms with van der Waals surface area (Å²) in [7, 11) is 4.26. The van der Waals surface area contributed by atoms with Crippen molar-refractivity contribution in [3.63, 3.8) is 0 Å². The second kappa shape index (κ2) is 4.50. The van der Waals surface area contributed by atoms with E-state index in [9.17, 15) is 0 Å². The Morgan fingerprint density at radius 1 is 0.650 bits per heavy atom. The van der Waals surface area contributed by atoms with E-state index >= 15 is 0 Å². The Morgan fingerprint density at radius 2 is 1.05 bits per heavy atom. The van der Waals surface area contributed by atoms with E-state index in [1.54, 1.807) is 0 Å². The Morgan fingerprint density at radius 3 is 1.50 bits per heavy atom. The van der Waals surface area contributed by atoms with Crippen LogP contribution in [0.1, 0.15) is 11.1 Å². The van der Waals surface area contributed by atoms with Crippen LogP contribution < -0.4 is 8.61 Å². The highest BCUT2D eigenvalue weighted by Gasteiger charge is 2.31. The zero-order valence-corrected chi connectivity index (χ0v) is 13.0. The van der Waals surface area contributed by atoms with Crippen LogP contribution in [-0.2, 0) is 0 Å². The van der Waals surface area contributed by atoms with Crippen molar-refractivity contribution < 1.29 is 0 Å². The second-order valence-corrected chi connectivity index (χ2v) is 7.15. The zero-order chi connectivity index (χ0) is 13.7. The van der Waals surface area contributed by atoms with Crippen LogP contribution in [0.3, 0.4) is 0 Å². The van der Waals surface area contributed by atoms with Crippen LogP contribution >= 0.6 is 23.9 Å². The first kappa shape index (κ1) is 12.2. The van der Waals surface area contributed by atoms with E-state index in [0.29, 0.717) is 0 Å². The normalized spacial score (nSPS) is 20.3. The molecule has 2 aliphatic heterocycles. The molecular weight excluding hydrogens is 284 g/mol. The Balaban J connectivity index is 1.94. The average molecular weight is 298 g/mol. The van der Waals surface area contributed by atoms with E-state index in [1.165, 1.54) is 32.3 Å². The number of benzene rings is 2. The fourth-order valence-corrected chi connectivity index (χ4v) is 4.89. The Labute approximate surface area is 127 Å². The number of anilines is 2. The van der Waals surface area contributed by atoms with Gasteiger partial charge in [0.2, 0.25) is 0 Å². The smallest absolute Gasteiger partial charge is 0.0554 e. The van der Waals surface area contributed by atoms with Crippen molar-refractivity contribution in [1.29, 1.82) is 0 Å². The molecule has 0 fully saturated rings. The lowest BCUT2D eigenvalue weighted by Crippen LogP contribution is -2.00. The SMILES string of the molecule is CN1S/C(=C2/SN(C)c3ccccc32)c2ccccc21. The van der Waals surface area contributed by atoms with Gasteiger partial charge in [-0.25, -0.2) is 0 Å². The summed E-state index contributed by atoms with van der Waals surface area (Å²) < 4.78 is 4.50. The molecule has 0 atom stereocenters. The van der Waals surface area contributed by atoms with E-state index in [2.05, 4.69) is 71.2 Å². The molecular formula is C16H14N2S2. The van der Waals surface area contributed by atoms with Crippen molar-refractivity contribution >= 4 is 45.1 Å². The monoisotopic (exact) mass is 298 g/mol. The molecule has 2 aromatic carbocycles. The molecule has 2 nitrogen and oxygen atoms in total. The van der Waals surface area contributed by atoms with Crippen molar-refractivity contribution in [2.45, 2.75) is 0 Å². The third-order valence-corrected chi connectivity index (χ3v) is 5.92. The topological polar surface area (TPSA) is 6.48 Å². The first-order valence-electron chi connectivity index (χ1n) is 6.52. The molecule has 0 aromatic heterocycles. The van der Waals surface area contributed by atoms with Crippen LogP contribution in [0.5, 0.6) is 0 Å². The maximum Gasteiger partial charge on any atom is 0.0554 e. The molecule has 0 N–H and O–H groups in total. The van der Waals surface area contributed by atoms with Gasteiger partial charge in [-0.2, -0.15) is 0 Å². The molecule has 0 bridgehead atoms. The van der Waals surface area contributed by atoms with Gasteiger partial charge in [-0.05, 0) is 36.0 Å². The maximum atomic E-state index is 2.25. The second-order valence-electron chi connectivity index (χ2n) is 4.87. The molecule has 2 heterocycles. The molecule has 0 unspecified atom stereocenters. The van der Waals surface area contributed by atoms with Gasteiger partial charge >= 0.3 is 0 Å². The average Bonchev–Trinajstić information content (AvgIpc) is 2.99. The summed E-state index contributed by atoms with van der Waals surface area (Å²) in [5, 5.41) is 0. The molecule has 4 rings (SSSR count). The number of hydrogen-bond donors (Lipinski definition) is 0. The molecule has 0 amide bonds. The van der Waals surface area contributed by atoms with Crippen LogP contribution in [-0.4, -0.2) is 14.1 Å². The molecule has 20 heavy (non-hydrogen) atoms. The van der Waals surface area contributed by atoms with Gasteiger partial charge in [-0.15, -0.1) is 0 Å². The van der Waals surface area contributed by atoms with Crippen LogP contribution in [0.2, 0.25) is 0 Å². The van der Waals surface area contributed by atoms with E-state index < -0.39 is 0 Å². The lowest BCUT2D eigenvalue weighted by molar-refractivity contribution is 1.38. The van der Waals surface area contributed by atoms with E-state index in [4.69, 9.17) is 0 Å².